The second kappa shape index (κ2) is 9.30. The number of sulfonamides is 1. The third-order valence-corrected chi connectivity index (χ3v) is 6.71. The van der Waals surface area contributed by atoms with Gasteiger partial charge in [0, 0.05) is 19.6 Å². The number of rotatable bonds is 7. The monoisotopic (exact) mass is 404 g/mol. The molecule has 1 heterocycles. The van der Waals surface area contributed by atoms with Crippen molar-refractivity contribution in [3.63, 3.8) is 0 Å². The van der Waals surface area contributed by atoms with Crippen molar-refractivity contribution < 1.29 is 17.9 Å². The van der Waals surface area contributed by atoms with Crippen LogP contribution in [0.15, 0.2) is 40.6 Å². The van der Waals surface area contributed by atoms with Crippen molar-refractivity contribution in [3.8, 4) is 0 Å². The molecule has 6 nitrogen and oxygen atoms in total. The Morgan fingerprint density at radius 3 is 2.48 bits per heavy atom. The molecule has 2 N–H and O–H groups in total. The van der Waals surface area contributed by atoms with Gasteiger partial charge in [-0.05, 0) is 23.4 Å². The van der Waals surface area contributed by atoms with E-state index >= 15 is 0 Å². The molecule has 0 atom stereocenters. The Morgan fingerprint density at radius 1 is 1.28 bits per heavy atom. The van der Waals surface area contributed by atoms with Gasteiger partial charge < -0.3 is 10.5 Å². The number of aryl methyl sites for hydroxylation is 1. The number of halogens is 1. The fourth-order valence-electron chi connectivity index (χ4n) is 2.33. The SMILES string of the molecule is COC(=O)c1scc(C)c1S(=O)(=O)N(CCN)Cc1ccccc1.Cl. The lowest BCUT2D eigenvalue weighted by Gasteiger charge is -2.22. The van der Waals surface area contributed by atoms with Gasteiger partial charge in [-0.1, -0.05) is 30.3 Å². The minimum absolute atomic E-state index is 0. The number of nitrogens with two attached hydrogens (primary N) is 1. The molecule has 0 bridgehead atoms. The summed E-state index contributed by atoms with van der Waals surface area (Å²) < 4.78 is 32.2. The van der Waals surface area contributed by atoms with Gasteiger partial charge in [0.05, 0.1) is 7.11 Å². The summed E-state index contributed by atoms with van der Waals surface area (Å²) in [6.07, 6.45) is 0. The molecule has 0 saturated carbocycles. The lowest BCUT2D eigenvalue weighted by molar-refractivity contribution is 0.0602. The standard InChI is InChI=1S/C16H20N2O4S2.ClH/c1-12-11-23-14(16(19)22-2)15(12)24(20,21)18(9-8-17)10-13-6-4-3-5-7-13;/h3-7,11H,8-10,17H2,1-2H3;1H. The zero-order valence-electron chi connectivity index (χ0n) is 14.0. The fourth-order valence-corrected chi connectivity index (χ4v) is 5.43. The molecule has 138 valence electrons. The van der Waals surface area contributed by atoms with Gasteiger partial charge in [0.25, 0.3) is 0 Å². The third-order valence-electron chi connectivity index (χ3n) is 3.47. The first-order chi connectivity index (χ1) is 11.4. The molecular formula is C16H21ClN2O4S2. The zero-order chi connectivity index (χ0) is 17.7. The highest BCUT2D eigenvalue weighted by Crippen LogP contribution is 2.30. The first kappa shape index (κ1) is 21.6. The average Bonchev–Trinajstić information content (AvgIpc) is 2.97. The number of carbonyl (C=O) groups is 1. The van der Waals surface area contributed by atoms with Crippen molar-refractivity contribution >= 4 is 39.7 Å². The third kappa shape index (κ3) is 4.80. The molecular weight excluding hydrogens is 384 g/mol. The second-order valence-electron chi connectivity index (χ2n) is 5.18. The highest BCUT2D eigenvalue weighted by atomic mass is 35.5. The van der Waals surface area contributed by atoms with E-state index in [2.05, 4.69) is 0 Å². The summed E-state index contributed by atoms with van der Waals surface area (Å²) in [4.78, 5) is 12.0. The van der Waals surface area contributed by atoms with Crippen LogP contribution in [-0.2, 0) is 21.3 Å². The van der Waals surface area contributed by atoms with Gasteiger partial charge in [-0.15, -0.1) is 23.7 Å². The summed E-state index contributed by atoms with van der Waals surface area (Å²) in [6.45, 7) is 2.20. The lowest BCUT2D eigenvalue weighted by atomic mass is 10.2. The first-order valence-corrected chi connectivity index (χ1v) is 9.64. The van der Waals surface area contributed by atoms with Crippen LogP contribution >= 0.6 is 23.7 Å². The van der Waals surface area contributed by atoms with Crippen LogP contribution in [0.1, 0.15) is 20.8 Å². The Bertz CT molecular complexity index is 807. The number of hydrogen-bond donors (Lipinski definition) is 1. The number of esters is 1. The van der Waals surface area contributed by atoms with Gasteiger partial charge >= 0.3 is 5.97 Å². The maximum Gasteiger partial charge on any atom is 0.349 e. The van der Waals surface area contributed by atoms with Crippen LogP contribution in [-0.4, -0.2) is 38.9 Å². The summed E-state index contributed by atoms with van der Waals surface area (Å²) >= 11 is 1.07. The quantitative estimate of drug-likeness (QED) is 0.715. The van der Waals surface area contributed by atoms with Crippen LogP contribution in [0.4, 0.5) is 0 Å². The molecule has 0 saturated heterocycles. The van der Waals surface area contributed by atoms with Crippen LogP contribution in [0.5, 0.6) is 0 Å². The van der Waals surface area contributed by atoms with Crippen LogP contribution < -0.4 is 5.73 Å². The predicted octanol–water partition coefficient (Wildman–Crippen LogP) is 2.41. The molecule has 1 aromatic heterocycles. The van der Waals surface area contributed by atoms with E-state index < -0.39 is 16.0 Å². The smallest absolute Gasteiger partial charge is 0.349 e. The van der Waals surface area contributed by atoms with Crippen LogP contribution in [0.25, 0.3) is 0 Å². The molecule has 0 radical (unpaired) electrons. The molecule has 25 heavy (non-hydrogen) atoms. The lowest BCUT2D eigenvalue weighted by Crippen LogP contribution is -2.35. The van der Waals surface area contributed by atoms with Gasteiger partial charge in [0.15, 0.2) is 0 Å². The Hall–Kier alpha value is -1.45. The summed E-state index contributed by atoms with van der Waals surface area (Å²) in [5.74, 6) is -0.654. The van der Waals surface area contributed by atoms with E-state index in [4.69, 9.17) is 10.5 Å². The van der Waals surface area contributed by atoms with Crippen LogP contribution in [0.2, 0.25) is 0 Å². The van der Waals surface area contributed by atoms with E-state index in [1.54, 1.807) is 12.3 Å². The Kier molecular flexibility index (Phi) is 8.04. The molecule has 0 amide bonds. The molecule has 0 aliphatic carbocycles. The average molecular weight is 405 g/mol. The van der Waals surface area contributed by atoms with E-state index in [9.17, 15) is 13.2 Å². The van der Waals surface area contributed by atoms with Crippen molar-refractivity contribution in [2.24, 2.45) is 5.73 Å². The predicted molar refractivity (Wildman–Crippen MR) is 101 cm³/mol. The maximum atomic E-state index is 13.1. The van der Waals surface area contributed by atoms with Gasteiger partial charge in [0.1, 0.15) is 9.77 Å². The Morgan fingerprint density at radius 2 is 1.92 bits per heavy atom. The van der Waals surface area contributed by atoms with Gasteiger partial charge in [-0.3, -0.25) is 0 Å². The Labute approximate surface area is 158 Å². The largest absolute Gasteiger partial charge is 0.465 e. The summed E-state index contributed by atoms with van der Waals surface area (Å²) in [6, 6.07) is 9.25. The van der Waals surface area contributed by atoms with Gasteiger partial charge in [0.2, 0.25) is 10.0 Å². The molecule has 0 spiro atoms. The Balaban J connectivity index is 0.00000312. The molecule has 0 aliphatic rings. The number of nitrogens with zero attached hydrogens (tertiary/aromatic N) is 1. The number of methoxy groups -OCH3 is 1. The van der Waals surface area contributed by atoms with Crippen LogP contribution in [0, 0.1) is 6.92 Å². The minimum atomic E-state index is -3.87. The van der Waals surface area contributed by atoms with E-state index in [0.717, 1.165) is 16.9 Å². The molecule has 2 aromatic rings. The van der Waals surface area contributed by atoms with Gasteiger partial charge in [-0.25, -0.2) is 13.2 Å². The van der Waals surface area contributed by atoms with Crippen LogP contribution in [0.3, 0.4) is 0 Å². The maximum absolute atomic E-state index is 13.1. The first-order valence-electron chi connectivity index (χ1n) is 7.32. The summed E-state index contributed by atoms with van der Waals surface area (Å²) in [5, 5.41) is 1.64. The van der Waals surface area contributed by atoms with Crippen molar-refractivity contribution in [1.82, 2.24) is 4.31 Å². The van der Waals surface area contributed by atoms with E-state index in [-0.39, 0.29) is 41.8 Å². The molecule has 0 fully saturated rings. The van der Waals surface area contributed by atoms with E-state index in [1.165, 1.54) is 11.4 Å². The van der Waals surface area contributed by atoms with Crippen molar-refractivity contribution in [1.29, 1.82) is 0 Å². The molecule has 9 heteroatoms. The van der Waals surface area contributed by atoms with Crippen molar-refractivity contribution in [2.75, 3.05) is 20.2 Å². The normalized spacial score (nSPS) is 11.2. The summed E-state index contributed by atoms with van der Waals surface area (Å²) in [5.41, 5.74) is 6.97. The molecule has 0 unspecified atom stereocenters. The van der Waals surface area contributed by atoms with E-state index in [0.29, 0.717) is 5.56 Å². The number of benzene rings is 1. The molecule has 2 rings (SSSR count). The van der Waals surface area contributed by atoms with Gasteiger partial charge in [-0.2, -0.15) is 4.31 Å². The van der Waals surface area contributed by atoms with Crippen molar-refractivity contribution in [3.05, 3.63) is 51.7 Å². The number of ether oxygens (including phenoxy) is 1. The highest BCUT2D eigenvalue weighted by Gasteiger charge is 2.32. The number of thiophene rings is 1. The topological polar surface area (TPSA) is 89.7 Å². The van der Waals surface area contributed by atoms with E-state index in [1.807, 2.05) is 30.3 Å². The highest BCUT2D eigenvalue weighted by molar-refractivity contribution is 7.89. The number of hydrogen-bond acceptors (Lipinski definition) is 6. The number of carbonyl (C=O) groups excluding carboxylic acids is 1. The fraction of sp³-hybridized carbons (Fsp3) is 0.312. The van der Waals surface area contributed by atoms with Crippen molar-refractivity contribution in [2.45, 2.75) is 18.4 Å². The minimum Gasteiger partial charge on any atom is -0.465 e. The molecule has 1 aromatic carbocycles. The summed E-state index contributed by atoms with van der Waals surface area (Å²) in [7, 11) is -2.64. The molecule has 0 aliphatic heterocycles. The second-order valence-corrected chi connectivity index (χ2v) is 7.94. The zero-order valence-corrected chi connectivity index (χ0v) is 16.4.